The van der Waals surface area contributed by atoms with Crippen LogP contribution in [0.15, 0.2) is 0 Å². The zero-order valence-corrected chi connectivity index (χ0v) is 22.5. The van der Waals surface area contributed by atoms with Crippen molar-refractivity contribution in [3.8, 4) is 0 Å². The first kappa shape index (κ1) is 28.6. The second-order valence-corrected chi connectivity index (χ2v) is 11.8. The van der Waals surface area contributed by atoms with Gasteiger partial charge in [-0.05, 0) is 83.0 Å². The van der Waals surface area contributed by atoms with Crippen LogP contribution in [0.2, 0.25) is 0 Å². The van der Waals surface area contributed by atoms with E-state index in [0.717, 1.165) is 45.1 Å². The minimum atomic E-state index is -1.08. The standard InChI is InChI=1S/C27H46ClFN2O4/c1-4-6-18(7-5-10-34-17(2)3)15-30-27(33)22-14-25(20-11-19(22)12-20)31-26(32)16-35-21-8-9-23(28)24(29)13-21/h17-25H,4-16H2,1-3H3,(H,30,33)(H,31,32)/t18?,19?,20?,21-,22?,23?,24?,25-/m0/s1. The summed E-state index contributed by atoms with van der Waals surface area (Å²) >= 11 is 5.93. The highest BCUT2D eigenvalue weighted by atomic mass is 35.5. The lowest BCUT2D eigenvalue weighted by Crippen LogP contribution is -2.57. The van der Waals surface area contributed by atoms with E-state index in [1.165, 1.54) is 0 Å². The molecule has 0 spiro atoms. The van der Waals surface area contributed by atoms with Gasteiger partial charge in [0.2, 0.25) is 11.8 Å². The Morgan fingerprint density at radius 3 is 2.54 bits per heavy atom. The molecular formula is C27H46ClFN2O4. The Morgan fingerprint density at radius 1 is 1.09 bits per heavy atom. The van der Waals surface area contributed by atoms with Gasteiger partial charge >= 0.3 is 0 Å². The molecule has 4 aliphatic rings. The molecule has 0 radical (unpaired) electrons. The average molecular weight is 517 g/mol. The molecule has 6 nitrogen and oxygen atoms in total. The van der Waals surface area contributed by atoms with Crippen molar-refractivity contribution in [3.05, 3.63) is 0 Å². The SMILES string of the molecule is CCCC(CCCOC(C)C)CNC(=O)C1C[C@H](NC(=O)CO[C@H]2CCC(Cl)C(F)C2)C2CC1C2. The summed E-state index contributed by atoms with van der Waals surface area (Å²) in [6, 6.07) is 0.0129. The summed E-state index contributed by atoms with van der Waals surface area (Å²) < 4.78 is 25.1. The van der Waals surface area contributed by atoms with Crippen molar-refractivity contribution in [2.75, 3.05) is 19.8 Å². The number of hydrogen-bond donors (Lipinski definition) is 2. The predicted molar refractivity (Wildman–Crippen MR) is 136 cm³/mol. The summed E-state index contributed by atoms with van der Waals surface area (Å²) in [4.78, 5) is 25.6. The smallest absolute Gasteiger partial charge is 0.246 e. The van der Waals surface area contributed by atoms with Crippen molar-refractivity contribution in [1.82, 2.24) is 10.6 Å². The number of halogens is 2. The van der Waals surface area contributed by atoms with Crippen LogP contribution in [0, 0.1) is 23.7 Å². The summed E-state index contributed by atoms with van der Waals surface area (Å²) in [5.74, 6) is 1.28. The van der Waals surface area contributed by atoms with Crippen molar-refractivity contribution >= 4 is 23.4 Å². The number of alkyl halides is 2. The van der Waals surface area contributed by atoms with E-state index in [9.17, 15) is 14.0 Å². The van der Waals surface area contributed by atoms with Crippen molar-refractivity contribution in [2.45, 2.75) is 115 Å². The summed E-state index contributed by atoms with van der Waals surface area (Å²) in [6.07, 6.45) is 7.41. The van der Waals surface area contributed by atoms with Crippen molar-refractivity contribution in [3.63, 3.8) is 0 Å². The van der Waals surface area contributed by atoms with Crippen LogP contribution < -0.4 is 10.6 Å². The molecule has 0 aromatic carbocycles. The molecule has 0 saturated heterocycles. The monoisotopic (exact) mass is 516 g/mol. The maximum atomic E-state index is 13.8. The van der Waals surface area contributed by atoms with E-state index in [-0.39, 0.29) is 49.0 Å². The molecule has 0 aromatic heterocycles. The third kappa shape index (κ3) is 8.85. The lowest BCUT2D eigenvalue weighted by atomic mass is 9.57. The zero-order chi connectivity index (χ0) is 25.4. The molecule has 4 aliphatic carbocycles. The molecule has 2 amide bonds. The quantitative estimate of drug-likeness (QED) is 0.257. The minimum Gasteiger partial charge on any atom is -0.379 e. The van der Waals surface area contributed by atoms with Crippen LogP contribution in [0.25, 0.3) is 0 Å². The number of carbonyl (C=O) groups excluding carboxylic acids is 2. The maximum absolute atomic E-state index is 13.8. The van der Waals surface area contributed by atoms with Crippen molar-refractivity contribution < 1.29 is 23.5 Å². The van der Waals surface area contributed by atoms with Gasteiger partial charge in [0.25, 0.3) is 0 Å². The van der Waals surface area contributed by atoms with Crippen LogP contribution >= 0.6 is 11.6 Å². The van der Waals surface area contributed by atoms with Crippen LogP contribution in [0.5, 0.6) is 0 Å². The molecule has 4 unspecified atom stereocenters. The fourth-order valence-electron chi connectivity index (χ4n) is 5.98. The van der Waals surface area contributed by atoms with Gasteiger partial charge in [-0.25, -0.2) is 4.39 Å². The number of hydrogen-bond acceptors (Lipinski definition) is 4. The van der Waals surface area contributed by atoms with Gasteiger partial charge in [0.05, 0.1) is 17.6 Å². The van der Waals surface area contributed by atoms with E-state index in [4.69, 9.17) is 21.1 Å². The fourth-order valence-corrected chi connectivity index (χ4v) is 6.21. The van der Waals surface area contributed by atoms with E-state index in [1.54, 1.807) is 0 Å². The molecule has 8 heteroatoms. The lowest BCUT2D eigenvalue weighted by Gasteiger charge is -2.50. The van der Waals surface area contributed by atoms with Crippen LogP contribution in [0.1, 0.15) is 85.0 Å². The largest absolute Gasteiger partial charge is 0.379 e. The van der Waals surface area contributed by atoms with Crippen LogP contribution in [-0.2, 0) is 19.1 Å². The van der Waals surface area contributed by atoms with Crippen LogP contribution in [0.3, 0.4) is 0 Å². The highest BCUT2D eigenvalue weighted by molar-refractivity contribution is 6.21. The van der Waals surface area contributed by atoms with Gasteiger partial charge in [0.1, 0.15) is 12.8 Å². The Kier molecular flexibility index (Phi) is 11.6. The highest BCUT2D eigenvalue weighted by Gasteiger charge is 2.49. The molecule has 35 heavy (non-hydrogen) atoms. The van der Waals surface area contributed by atoms with E-state index >= 15 is 0 Å². The Balaban J connectivity index is 1.38. The van der Waals surface area contributed by atoms with E-state index in [2.05, 4.69) is 31.4 Å². The normalized spacial score (nSPS) is 33.1. The molecule has 202 valence electrons. The van der Waals surface area contributed by atoms with Gasteiger partial charge < -0.3 is 20.1 Å². The molecule has 0 aromatic rings. The van der Waals surface area contributed by atoms with Crippen LogP contribution in [-0.4, -0.2) is 61.4 Å². The molecule has 0 aliphatic heterocycles. The van der Waals surface area contributed by atoms with Gasteiger partial charge in [-0.1, -0.05) is 13.3 Å². The van der Waals surface area contributed by atoms with Gasteiger partial charge in [-0.2, -0.15) is 0 Å². The third-order valence-electron chi connectivity index (χ3n) is 8.10. The maximum Gasteiger partial charge on any atom is 0.246 e. The minimum absolute atomic E-state index is 0.0129. The number of fused-ring (bicyclic) bond motifs is 2. The Labute approximate surface area is 215 Å². The van der Waals surface area contributed by atoms with E-state index in [1.807, 2.05) is 0 Å². The molecule has 2 N–H and O–H groups in total. The summed E-state index contributed by atoms with van der Waals surface area (Å²) in [5.41, 5.74) is 0. The predicted octanol–water partition coefficient (Wildman–Crippen LogP) is 4.77. The summed E-state index contributed by atoms with van der Waals surface area (Å²) in [6.45, 7) is 7.71. The lowest BCUT2D eigenvalue weighted by molar-refractivity contribution is -0.138. The highest BCUT2D eigenvalue weighted by Crippen LogP contribution is 2.49. The average Bonchev–Trinajstić information content (AvgIpc) is 2.79. The topological polar surface area (TPSA) is 76.7 Å². The number of ether oxygens (including phenoxy) is 2. The molecule has 2 bridgehead atoms. The fraction of sp³-hybridized carbons (Fsp3) is 0.926. The number of rotatable bonds is 14. The number of nitrogens with one attached hydrogen (secondary N) is 2. The molecule has 6 atom stereocenters. The number of carbonyl (C=O) groups is 2. The first-order chi connectivity index (χ1) is 16.8. The van der Waals surface area contributed by atoms with E-state index in [0.29, 0.717) is 43.6 Å². The second kappa shape index (κ2) is 14.1. The Morgan fingerprint density at radius 2 is 1.86 bits per heavy atom. The first-order valence-electron chi connectivity index (χ1n) is 13.8. The summed E-state index contributed by atoms with van der Waals surface area (Å²) in [5, 5.41) is 5.88. The van der Waals surface area contributed by atoms with Crippen molar-refractivity contribution in [1.29, 1.82) is 0 Å². The molecule has 4 rings (SSSR count). The van der Waals surface area contributed by atoms with Gasteiger partial charge in [-0.15, -0.1) is 11.6 Å². The molecular weight excluding hydrogens is 471 g/mol. The van der Waals surface area contributed by atoms with Crippen molar-refractivity contribution in [2.24, 2.45) is 23.7 Å². The van der Waals surface area contributed by atoms with Gasteiger partial charge in [0.15, 0.2) is 0 Å². The van der Waals surface area contributed by atoms with Gasteiger partial charge in [-0.3, -0.25) is 9.59 Å². The first-order valence-corrected chi connectivity index (χ1v) is 14.3. The summed E-state index contributed by atoms with van der Waals surface area (Å²) in [7, 11) is 0. The second-order valence-electron chi connectivity index (χ2n) is 11.2. The third-order valence-corrected chi connectivity index (χ3v) is 8.60. The Hall–Kier alpha value is -0.920. The zero-order valence-electron chi connectivity index (χ0n) is 21.8. The number of amides is 2. The Bertz CT molecular complexity index is 676. The van der Waals surface area contributed by atoms with E-state index < -0.39 is 11.5 Å². The molecule has 4 saturated carbocycles. The van der Waals surface area contributed by atoms with Crippen LogP contribution in [0.4, 0.5) is 4.39 Å². The molecule has 0 heterocycles. The van der Waals surface area contributed by atoms with Gasteiger partial charge in [0, 0.05) is 31.5 Å². The molecule has 4 fully saturated rings.